The van der Waals surface area contributed by atoms with Crippen molar-refractivity contribution in [1.82, 2.24) is 0 Å². The Hall–Kier alpha value is -0.240. The highest BCUT2D eigenvalue weighted by Crippen LogP contribution is 2.06. The summed E-state index contributed by atoms with van der Waals surface area (Å²) in [5.74, 6) is 0. The van der Waals surface area contributed by atoms with E-state index >= 15 is 0 Å². The van der Waals surface area contributed by atoms with E-state index in [1.807, 2.05) is 0 Å². The fourth-order valence-corrected chi connectivity index (χ4v) is 0.449. The molecule has 1 rings (SSSR count). The van der Waals surface area contributed by atoms with Gasteiger partial charge in [-0.1, -0.05) is 0 Å². The lowest BCUT2D eigenvalue weighted by atomic mass is 10.7. The van der Waals surface area contributed by atoms with E-state index in [0.717, 1.165) is 4.67 Å². The Labute approximate surface area is 44.1 Å². The predicted molar refractivity (Wildman–Crippen MR) is 25.2 cm³/mol. The third-order valence-electron chi connectivity index (χ3n) is 0.439. The first-order chi connectivity index (χ1) is 2.89. The van der Waals surface area contributed by atoms with E-state index in [1.54, 1.807) is 12.1 Å². The van der Waals surface area contributed by atoms with Crippen molar-refractivity contribution >= 4 is 15.9 Å². The summed E-state index contributed by atoms with van der Waals surface area (Å²) in [6.07, 6.45) is 2.51. The molecule has 0 N–H and O–H groups in total. The fourth-order valence-electron chi connectivity index (χ4n) is 0.224. The molecule has 0 aliphatic rings. The first-order valence-corrected chi connectivity index (χ1v) is 2.30. The lowest BCUT2D eigenvalue weighted by molar-refractivity contribution is 0.532. The molecule has 0 aromatic carbocycles. The van der Waals surface area contributed by atoms with Gasteiger partial charge in [0.2, 0.25) is 0 Å². The molecule has 1 heterocycles. The van der Waals surface area contributed by atoms with Gasteiger partial charge in [-0.3, -0.25) is 0 Å². The summed E-state index contributed by atoms with van der Waals surface area (Å²) in [5.41, 5.74) is 0. The highest BCUT2D eigenvalue weighted by molar-refractivity contribution is 9.10. The summed E-state index contributed by atoms with van der Waals surface area (Å²) in [4.78, 5) is 0. The highest BCUT2D eigenvalue weighted by atomic mass is 79.9. The summed E-state index contributed by atoms with van der Waals surface area (Å²) in [6, 6.07) is 3.48. The van der Waals surface area contributed by atoms with Crippen molar-refractivity contribution in [2.24, 2.45) is 0 Å². The molecule has 1 nitrogen and oxygen atoms in total. The first kappa shape index (κ1) is 3.93. The zero-order valence-electron chi connectivity index (χ0n) is 2.94. The van der Waals surface area contributed by atoms with Gasteiger partial charge in [0.1, 0.15) is 0 Å². The van der Waals surface area contributed by atoms with Gasteiger partial charge < -0.3 is 4.42 Å². The van der Waals surface area contributed by atoms with Gasteiger partial charge in [0.15, 0.2) is 10.9 Å². The normalized spacial score (nSPS) is 8.83. The Morgan fingerprint density at radius 3 is 2.83 bits per heavy atom. The van der Waals surface area contributed by atoms with Crippen LogP contribution in [0.4, 0.5) is 0 Å². The molecule has 6 heavy (non-hydrogen) atoms. The molecule has 0 atom stereocenters. The Morgan fingerprint density at radius 1 is 1.83 bits per heavy atom. The minimum atomic E-state index is 0.725. The quantitative estimate of drug-likeness (QED) is 0.544. The van der Waals surface area contributed by atoms with Crippen molar-refractivity contribution in [3.8, 4) is 0 Å². The van der Waals surface area contributed by atoms with Crippen molar-refractivity contribution in [3.05, 3.63) is 23.1 Å². The van der Waals surface area contributed by atoms with E-state index in [4.69, 9.17) is 0 Å². The van der Waals surface area contributed by atoms with E-state index in [2.05, 4.69) is 26.6 Å². The number of hydrogen-bond acceptors (Lipinski definition) is 1. The zero-order valence-corrected chi connectivity index (χ0v) is 4.53. The largest absolute Gasteiger partial charge is 0.446 e. The van der Waals surface area contributed by atoms with Gasteiger partial charge in [0.25, 0.3) is 0 Å². The molecule has 0 fully saturated rings. The lowest BCUT2D eigenvalue weighted by Gasteiger charge is -1.65. The molecule has 0 bridgehead atoms. The molecule has 31 valence electrons. The van der Waals surface area contributed by atoms with Crippen LogP contribution in [-0.2, 0) is 0 Å². The molecule has 0 aliphatic heterocycles. The monoisotopic (exact) mass is 145 g/mol. The third-order valence-corrected chi connectivity index (χ3v) is 0.865. The molecule has 0 aliphatic carbocycles. The minimum Gasteiger partial charge on any atom is -0.446 e. The van der Waals surface area contributed by atoms with Gasteiger partial charge in [-0.25, -0.2) is 0 Å². The second kappa shape index (κ2) is 1.47. The highest BCUT2D eigenvalue weighted by Gasteiger charge is 1.79. The Kier molecular flexibility index (Phi) is 0.965. The number of hydrogen-bond donors (Lipinski definition) is 0. The molecule has 2 heteroatoms. The van der Waals surface area contributed by atoms with Crippen LogP contribution in [0.2, 0.25) is 0 Å². The molecular weight excluding hydrogens is 144 g/mol. The van der Waals surface area contributed by atoms with Crippen LogP contribution < -0.4 is 0 Å². The molecular formula is C4H2BrO. The maximum absolute atomic E-state index is 4.62. The molecule has 0 amide bonds. The van der Waals surface area contributed by atoms with Crippen molar-refractivity contribution in [1.29, 1.82) is 0 Å². The summed E-state index contributed by atoms with van der Waals surface area (Å²) < 4.78 is 5.35. The Bertz CT molecular complexity index is 111. The summed E-state index contributed by atoms with van der Waals surface area (Å²) in [5, 5.41) is 0. The number of rotatable bonds is 0. The van der Waals surface area contributed by atoms with Crippen molar-refractivity contribution in [3.63, 3.8) is 0 Å². The average Bonchev–Trinajstić information content (AvgIpc) is 1.86. The Balaban J connectivity index is 3.05. The lowest BCUT2D eigenvalue weighted by Crippen LogP contribution is -1.35. The Morgan fingerprint density at radius 2 is 2.67 bits per heavy atom. The number of furan rings is 1. The molecule has 0 saturated carbocycles. The van der Waals surface area contributed by atoms with Crippen LogP contribution in [0.1, 0.15) is 0 Å². The van der Waals surface area contributed by atoms with E-state index < -0.39 is 0 Å². The average molecular weight is 146 g/mol. The molecule has 0 spiro atoms. The van der Waals surface area contributed by atoms with Gasteiger partial charge in [-0.15, -0.1) is 0 Å². The van der Waals surface area contributed by atoms with Crippen molar-refractivity contribution in [2.45, 2.75) is 0 Å². The molecule has 1 radical (unpaired) electrons. The smallest absolute Gasteiger partial charge is 0.170 e. The van der Waals surface area contributed by atoms with Crippen LogP contribution in [0.15, 0.2) is 21.2 Å². The minimum absolute atomic E-state index is 0.725. The summed E-state index contributed by atoms with van der Waals surface area (Å²) in [7, 11) is 0. The van der Waals surface area contributed by atoms with Gasteiger partial charge in [0.05, 0.1) is 0 Å². The van der Waals surface area contributed by atoms with E-state index in [-0.39, 0.29) is 0 Å². The topological polar surface area (TPSA) is 13.1 Å². The van der Waals surface area contributed by atoms with Crippen molar-refractivity contribution in [2.75, 3.05) is 0 Å². The van der Waals surface area contributed by atoms with E-state index in [1.165, 1.54) is 0 Å². The zero-order chi connectivity index (χ0) is 4.41. The molecule has 1 aromatic rings. The number of halogens is 1. The van der Waals surface area contributed by atoms with E-state index in [0.29, 0.717) is 0 Å². The van der Waals surface area contributed by atoms with E-state index in [9.17, 15) is 0 Å². The standard InChI is InChI=1S/C4H2BrO/c5-4-2-1-3-6-4/h1-2H. The van der Waals surface area contributed by atoms with Crippen LogP contribution in [0.5, 0.6) is 0 Å². The molecule has 1 aromatic heterocycles. The molecule has 0 unspecified atom stereocenters. The second-order valence-electron chi connectivity index (χ2n) is 0.857. The summed E-state index contributed by atoms with van der Waals surface area (Å²) >= 11 is 3.08. The summed E-state index contributed by atoms with van der Waals surface area (Å²) in [6.45, 7) is 0. The van der Waals surface area contributed by atoms with Crippen LogP contribution in [0.3, 0.4) is 0 Å². The predicted octanol–water partition coefficient (Wildman–Crippen LogP) is 1.84. The maximum atomic E-state index is 4.62. The third kappa shape index (κ3) is 0.627. The van der Waals surface area contributed by atoms with Crippen LogP contribution in [0, 0.1) is 6.26 Å². The van der Waals surface area contributed by atoms with Gasteiger partial charge in [-0.05, 0) is 28.1 Å². The van der Waals surface area contributed by atoms with Crippen LogP contribution >= 0.6 is 15.9 Å². The maximum Gasteiger partial charge on any atom is 0.170 e. The molecule has 0 saturated heterocycles. The second-order valence-corrected chi connectivity index (χ2v) is 1.64. The van der Waals surface area contributed by atoms with Gasteiger partial charge >= 0.3 is 0 Å². The van der Waals surface area contributed by atoms with Crippen molar-refractivity contribution < 1.29 is 4.42 Å². The fraction of sp³-hybridized carbons (Fsp3) is 0. The van der Waals surface area contributed by atoms with Gasteiger partial charge in [-0.2, -0.15) is 0 Å². The first-order valence-electron chi connectivity index (χ1n) is 1.51. The van der Waals surface area contributed by atoms with Crippen LogP contribution in [-0.4, -0.2) is 0 Å². The van der Waals surface area contributed by atoms with Gasteiger partial charge in [0, 0.05) is 0 Å². The van der Waals surface area contributed by atoms with Crippen LogP contribution in [0.25, 0.3) is 0 Å². The SMILES string of the molecule is Brc1cc[c]o1.